The molecule has 2 heterocycles. The molecule has 0 spiro atoms. The van der Waals surface area contributed by atoms with Crippen molar-refractivity contribution in [3.05, 3.63) is 89.0 Å². The number of para-hydroxylation sites is 1. The molecule has 0 radical (unpaired) electrons. The maximum absolute atomic E-state index is 13.4. The van der Waals surface area contributed by atoms with Gasteiger partial charge in [0.05, 0.1) is 16.7 Å². The molecule has 31 heavy (non-hydrogen) atoms. The first-order valence-corrected chi connectivity index (χ1v) is 9.62. The number of aromatic amines is 1. The number of benzene rings is 3. The predicted octanol–water partition coefficient (Wildman–Crippen LogP) is 3.82. The van der Waals surface area contributed by atoms with Gasteiger partial charge in [-0.2, -0.15) is 0 Å². The number of nitrogens with zero attached hydrogens (tertiary/aromatic N) is 2. The highest BCUT2D eigenvalue weighted by atomic mass is 16.4. The zero-order valence-electron chi connectivity index (χ0n) is 16.5. The second kappa shape index (κ2) is 6.68. The molecular formula is C23H18N4O4. The van der Waals surface area contributed by atoms with Crippen LogP contribution in [0.15, 0.2) is 66.7 Å². The van der Waals surface area contributed by atoms with Crippen molar-refractivity contribution < 1.29 is 19.8 Å². The van der Waals surface area contributed by atoms with Crippen LogP contribution in [0.4, 0.5) is 16.4 Å². The van der Waals surface area contributed by atoms with E-state index in [1.165, 1.54) is 4.90 Å². The smallest absolute Gasteiger partial charge is 0.411 e. The first-order chi connectivity index (χ1) is 14.9. The van der Waals surface area contributed by atoms with Gasteiger partial charge in [-0.3, -0.25) is 15.0 Å². The molecule has 1 unspecified atom stereocenters. The Morgan fingerprint density at radius 2 is 1.84 bits per heavy atom. The summed E-state index contributed by atoms with van der Waals surface area (Å²) in [7, 11) is 0. The average molecular weight is 414 g/mol. The highest BCUT2D eigenvalue weighted by molar-refractivity contribution is 6.12. The van der Waals surface area contributed by atoms with E-state index in [0.717, 1.165) is 5.56 Å². The van der Waals surface area contributed by atoms with Gasteiger partial charge in [0, 0.05) is 16.7 Å². The third kappa shape index (κ3) is 2.77. The molecule has 8 nitrogen and oxygen atoms in total. The van der Waals surface area contributed by atoms with Crippen LogP contribution < -0.4 is 10.2 Å². The number of hydrogen-bond donors (Lipinski definition) is 4. The van der Waals surface area contributed by atoms with Gasteiger partial charge in [0.1, 0.15) is 0 Å². The van der Waals surface area contributed by atoms with Crippen molar-refractivity contribution in [2.75, 3.05) is 10.2 Å². The minimum absolute atomic E-state index is 0.0744. The molecule has 1 aliphatic heterocycles. The molecule has 0 bridgehead atoms. The maximum atomic E-state index is 13.4. The maximum Gasteiger partial charge on any atom is 0.411 e. The summed E-state index contributed by atoms with van der Waals surface area (Å²) in [6, 6.07) is 19.4. The summed E-state index contributed by atoms with van der Waals surface area (Å²) in [6.45, 7) is 1.88. The van der Waals surface area contributed by atoms with E-state index >= 15 is 0 Å². The minimum atomic E-state index is -1.76. The SMILES string of the molecule is Cc1ccccc1N1C(=O)c2ccccc2C1(O)c1ccc2[nH]c(NC(=O)O)nc2c1. The number of fused-ring (bicyclic) bond motifs is 2. The molecule has 1 atom stereocenters. The molecule has 2 amide bonds. The third-order valence-corrected chi connectivity index (χ3v) is 5.53. The number of amides is 2. The summed E-state index contributed by atoms with van der Waals surface area (Å²) in [4.78, 5) is 32.8. The Labute approximate surface area is 176 Å². The molecule has 1 aliphatic rings. The van der Waals surface area contributed by atoms with E-state index in [9.17, 15) is 14.7 Å². The number of carbonyl (C=O) groups excluding carboxylic acids is 1. The molecule has 4 aromatic rings. The van der Waals surface area contributed by atoms with E-state index in [2.05, 4.69) is 15.3 Å². The predicted molar refractivity (Wildman–Crippen MR) is 115 cm³/mol. The summed E-state index contributed by atoms with van der Waals surface area (Å²) in [5, 5.41) is 23.2. The Balaban J connectivity index is 1.73. The van der Waals surface area contributed by atoms with Crippen molar-refractivity contribution in [3.8, 4) is 0 Å². The zero-order chi connectivity index (χ0) is 21.8. The van der Waals surface area contributed by atoms with Gasteiger partial charge >= 0.3 is 6.09 Å². The zero-order valence-corrected chi connectivity index (χ0v) is 16.5. The lowest BCUT2D eigenvalue weighted by Crippen LogP contribution is -2.45. The number of rotatable bonds is 3. The monoisotopic (exact) mass is 414 g/mol. The largest absolute Gasteiger partial charge is 0.465 e. The number of nitrogens with one attached hydrogen (secondary N) is 2. The number of aromatic nitrogens is 2. The van der Waals surface area contributed by atoms with Crippen molar-refractivity contribution in [1.29, 1.82) is 0 Å². The van der Waals surface area contributed by atoms with E-state index in [-0.39, 0.29) is 11.9 Å². The molecule has 8 heteroatoms. The molecule has 1 aromatic heterocycles. The van der Waals surface area contributed by atoms with Crippen LogP contribution in [0.2, 0.25) is 0 Å². The van der Waals surface area contributed by atoms with Gasteiger partial charge in [0.15, 0.2) is 5.72 Å². The summed E-state index contributed by atoms with van der Waals surface area (Å²) in [6.07, 6.45) is -1.24. The summed E-state index contributed by atoms with van der Waals surface area (Å²) in [5.41, 5.74) is 2.07. The number of carbonyl (C=O) groups is 2. The third-order valence-electron chi connectivity index (χ3n) is 5.53. The number of aliphatic hydroxyl groups is 1. The fraction of sp³-hybridized carbons (Fsp3) is 0.0870. The van der Waals surface area contributed by atoms with Crippen molar-refractivity contribution >= 4 is 34.7 Å². The lowest BCUT2D eigenvalue weighted by atomic mass is 9.93. The molecular weight excluding hydrogens is 396 g/mol. The van der Waals surface area contributed by atoms with E-state index in [0.29, 0.717) is 33.4 Å². The first kappa shape index (κ1) is 18.8. The van der Waals surface area contributed by atoms with Gasteiger partial charge < -0.3 is 15.2 Å². The van der Waals surface area contributed by atoms with Gasteiger partial charge in [-0.1, -0.05) is 42.5 Å². The number of carboxylic acid groups (broad SMARTS) is 1. The number of aryl methyl sites for hydroxylation is 1. The van der Waals surface area contributed by atoms with E-state index in [1.54, 1.807) is 48.5 Å². The quantitative estimate of drug-likeness (QED) is 0.406. The highest BCUT2D eigenvalue weighted by Gasteiger charge is 2.51. The number of imidazole rings is 1. The number of anilines is 2. The van der Waals surface area contributed by atoms with E-state index in [4.69, 9.17) is 5.11 Å². The lowest BCUT2D eigenvalue weighted by molar-refractivity contribution is 0.0703. The van der Waals surface area contributed by atoms with Crippen molar-refractivity contribution in [2.45, 2.75) is 12.6 Å². The highest BCUT2D eigenvalue weighted by Crippen LogP contribution is 2.46. The Bertz CT molecular complexity index is 1360. The fourth-order valence-corrected chi connectivity index (χ4v) is 4.13. The fourth-order valence-electron chi connectivity index (χ4n) is 4.13. The van der Waals surface area contributed by atoms with Crippen molar-refractivity contribution in [1.82, 2.24) is 9.97 Å². The second-order valence-electron chi connectivity index (χ2n) is 7.39. The van der Waals surface area contributed by atoms with Crippen LogP contribution in [-0.4, -0.2) is 32.2 Å². The first-order valence-electron chi connectivity index (χ1n) is 9.62. The van der Waals surface area contributed by atoms with E-state index in [1.807, 2.05) is 25.1 Å². The summed E-state index contributed by atoms with van der Waals surface area (Å²) < 4.78 is 0. The van der Waals surface area contributed by atoms with Crippen molar-refractivity contribution in [2.24, 2.45) is 0 Å². The van der Waals surface area contributed by atoms with Crippen LogP contribution in [0.1, 0.15) is 27.0 Å². The van der Waals surface area contributed by atoms with Gasteiger partial charge in [0.25, 0.3) is 5.91 Å². The number of H-pyrrole nitrogens is 1. The summed E-state index contributed by atoms with van der Waals surface area (Å²) >= 11 is 0. The molecule has 0 fully saturated rings. The van der Waals surface area contributed by atoms with Crippen LogP contribution in [0.25, 0.3) is 11.0 Å². The van der Waals surface area contributed by atoms with Crippen LogP contribution in [0.5, 0.6) is 0 Å². The Morgan fingerprint density at radius 3 is 2.61 bits per heavy atom. The Hall–Kier alpha value is -4.17. The number of hydrogen-bond acceptors (Lipinski definition) is 4. The van der Waals surface area contributed by atoms with Crippen LogP contribution >= 0.6 is 0 Å². The second-order valence-corrected chi connectivity index (χ2v) is 7.39. The molecule has 154 valence electrons. The average Bonchev–Trinajstić information content (AvgIpc) is 3.24. The molecule has 0 saturated heterocycles. The lowest BCUT2D eigenvalue weighted by Gasteiger charge is -2.35. The molecule has 0 saturated carbocycles. The van der Waals surface area contributed by atoms with Gasteiger partial charge in [-0.15, -0.1) is 0 Å². The van der Waals surface area contributed by atoms with E-state index < -0.39 is 11.8 Å². The molecule has 5 rings (SSSR count). The Kier molecular flexibility index (Phi) is 4.06. The Morgan fingerprint density at radius 1 is 1.10 bits per heavy atom. The minimum Gasteiger partial charge on any atom is -0.465 e. The standard InChI is InChI=1S/C23H18N4O4/c1-13-6-2-5-9-19(13)27-20(28)15-7-3-4-8-16(15)23(27,31)14-10-11-17-18(12-14)25-21(24-17)26-22(29)30/h2-12,31H,1H3,(H,29,30)(H2,24,25,26). The normalized spacial score (nSPS) is 17.7. The van der Waals surface area contributed by atoms with Gasteiger partial charge in [-0.05, 0) is 36.8 Å². The van der Waals surface area contributed by atoms with Crippen LogP contribution in [0, 0.1) is 6.92 Å². The van der Waals surface area contributed by atoms with Crippen molar-refractivity contribution in [3.63, 3.8) is 0 Å². The molecule has 4 N–H and O–H groups in total. The molecule has 3 aromatic carbocycles. The van der Waals surface area contributed by atoms with Crippen LogP contribution in [-0.2, 0) is 5.72 Å². The molecule has 0 aliphatic carbocycles. The van der Waals surface area contributed by atoms with Crippen LogP contribution in [0.3, 0.4) is 0 Å². The van der Waals surface area contributed by atoms with Gasteiger partial charge in [-0.25, -0.2) is 9.78 Å². The van der Waals surface area contributed by atoms with Gasteiger partial charge in [0.2, 0.25) is 5.95 Å². The topological polar surface area (TPSA) is 119 Å². The summed E-state index contributed by atoms with van der Waals surface area (Å²) in [5.74, 6) is -0.229.